The first kappa shape index (κ1) is 10.4. The number of fused-ring (bicyclic) bond motifs is 2. The Kier molecular flexibility index (Phi) is 2.20. The van der Waals surface area contributed by atoms with Crippen LogP contribution in [-0.4, -0.2) is 11.7 Å². The molecule has 2 nitrogen and oxygen atoms in total. The summed E-state index contributed by atoms with van der Waals surface area (Å²) >= 11 is 0. The molecule has 0 radical (unpaired) electrons. The van der Waals surface area contributed by atoms with Gasteiger partial charge in [0.05, 0.1) is 6.61 Å². The summed E-state index contributed by atoms with van der Waals surface area (Å²) in [6, 6.07) is 16.3. The zero-order valence-electron chi connectivity index (χ0n) is 9.77. The highest BCUT2D eigenvalue weighted by Gasteiger charge is 2.35. The lowest BCUT2D eigenvalue weighted by molar-refractivity contribution is 0.231. The molecule has 0 saturated heterocycles. The van der Waals surface area contributed by atoms with E-state index in [0.29, 0.717) is 0 Å². The van der Waals surface area contributed by atoms with Crippen LogP contribution in [0.4, 0.5) is 11.4 Å². The third kappa shape index (κ3) is 1.38. The Morgan fingerprint density at radius 2 is 1.41 bits per heavy atom. The summed E-state index contributed by atoms with van der Waals surface area (Å²) in [7, 11) is 0. The van der Waals surface area contributed by atoms with E-state index < -0.39 is 0 Å². The van der Waals surface area contributed by atoms with Gasteiger partial charge in [-0.15, -0.1) is 0 Å². The van der Waals surface area contributed by atoms with Gasteiger partial charge in [0.1, 0.15) is 0 Å². The van der Waals surface area contributed by atoms with Crippen molar-refractivity contribution in [1.82, 2.24) is 0 Å². The van der Waals surface area contributed by atoms with E-state index in [9.17, 15) is 5.11 Å². The van der Waals surface area contributed by atoms with E-state index in [1.54, 1.807) is 0 Å². The molecular formula is C15H15NO. The predicted molar refractivity (Wildman–Crippen MR) is 69.7 cm³/mol. The molecule has 0 fully saturated rings. The van der Waals surface area contributed by atoms with E-state index in [1.807, 2.05) is 24.3 Å². The van der Waals surface area contributed by atoms with Gasteiger partial charge in [0.15, 0.2) is 0 Å². The van der Waals surface area contributed by atoms with Gasteiger partial charge in [0.25, 0.3) is 0 Å². The van der Waals surface area contributed by atoms with E-state index in [1.165, 1.54) is 0 Å². The number of hydrogen-bond donors (Lipinski definition) is 2. The van der Waals surface area contributed by atoms with Crippen molar-refractivity contribution in [2.75, 3.05) is 11.9 Å². The van der Waals surface area contributed by atoms with E-state index in [4.69, 9.17) is 0 Å². The van der Waals surface area contributed by atoms with Crippen LogP contribution in [0.3, 0.4) is 0 Å². The number of aliphatic hydroxyl groups is 1. The lowest BCUT2D eigenvalue weighted by atomic mass is 9.73. The topological polar surface area (TPSA) is 32.3 Å². The number of anilines is 2. The second kappa shape index (κ2) is 3.60. The molecule has 0 unspecified atom stereocenters. The zero-order valence-corrected chi connectivity index (χ0v) is 9.77. The molecular weight excluding hydrogens is 210 g/mol. The smallest absolute Gasteiger partial charge is 0.0567 e. The number of nitrogens with one attached hydrogen (secondary N) is 1. The number of hydrogen-bond acceptors (Lipinski definition) is 2. The maximum Gasteiger partial charge on any atom is 0.0567 e. The van der Waals surface area contributed by atoms with E-state index >= 15 is 0 Å². The summed E-state index contributed by atoms with van der Waals surface area (Å²) in [6.07, 6.45) is 0. The highest BCUT2D eigenvalue weighted by Crippen LogP contribution is 2.44. The molecule has 0 amide bonds. The minimum absolute atomic E-state index is 0.114. The molecule has 2 N–H and O–H groups in total. The van der Waals surface area contributed by atoms with Crippen molar-refractivity contribution in [3.8, 4) is 0 Å². The lowest BCUT2D eigenvalue weighted by Crippen LogP contribution is -2.32. The maximum absolute atomic E-state index is 9.82. The van der Waals surface area contributed by atoms with Crippen molar-refractivity contribution >= 4 is 11.4 Å². The maximum atomic E-state index is 9.82. The lowest BCUT2D eigenvalue weighted by Gasteiger charge is -2.37. The third-order valence-corrected chi connectivity index (χ3v) is 3.63. The Hall–Kier alpha value is -1.80. The Balaban J connectivity index is 2.28. The minimum Gasteiger partial charge on any atom is -0.395 e. The third-order valence-electron chi connectivity index (χ3n) is 3.63. The summed E-state index contributed by atoms with van der Waals surface area (Å²) < 4.78 is 0. The van der Waals surface area contributed by atoms with Gasteiger partial charge in [-0.1, -0.05) is 36.4 Å². The Bertz CT molecular complexity index is 517. The number of aliphatic hydroxyl groups excluding tert-OH is 1. The molecule has 1 aliphatic rings. The van der Waals surface area contributed by atoms with Gasteiger partial charge in [-0.25, -0.2) is 0 Å². The average molecular weight is 225 g/mol. The fourth-order valence-corrected chi connectivity index (χ4v) is 2.61. The molecule has 2 aromatic rings. The fourth-order valence-electron chi connectivity index (χ4n) is 2.61. The average Bonchev–Trinajstić information content (AvgIpc) is 2.39. The van der Waals surface area contributed by atoms with Crippen LogP contribution in [-0.2, 0) is 5.41 Å². The van der Waals surface area contributed by atoms with Crippen LogP contribution in [0, 0.1) is 0 Å². The monoisotopic (exact) mass is 225 g/mol. The first-order valence-electron chi connectivity index (χ1n) is 5.82. The van der Waals surface area contributed by atoms with Gasteiger partial charge in [0, 0.05) is 16.8 Å². The first-order valence-corrected chi connectivity index (χ1v) is 5.82. The minimum atomic E-state index is -0.321. The molecule has 2 heteroatoms. The Morgan fingerprint density at radius 3 is 1.88 bits per heavy atom. The largest absolute Gasteiger partial charge is 0.395 e. The van der Waals surface area contributed by atoms with E-state index in [-0.39, 0.29) is 12.0 Å². The van der Waals surface area contributed by atoms with Gasteiger partial charge in [0.2, 0.25) is 0 Å². The Labute approximate surface area is 101 Å². The summed E-state index contributed by atoms with van der Waals surface area (Å²) in [5.74, 6) is 0. The van der Waals surface area contributed by atoms with E-state index in [2.05, 4.69) is 36.5 Å². The van der Waals surface area contributed by atoms with Crippen LogP contribution in [0.2, 0.25) is 0 Å². The predicted octanol–water partition coefficient (Wildman–Crippen LogP) is 3.04. The molecule has 86 valence electrons. The molecule has 1 aliphatic heterocycles. The van der Waals surface area contributed by atoms with Gasteiger partial charge in [-0.2, -0.15) is 0 Å². The van der Waals surface area contributed by atoms with Crippen molar-refractivity contribution in [3.63, 3.8) is 0 Å². The van der Waals surface area contributed by atoms with Gasteiger partial charge in [-0.05, 0) is 30.2 Å². The second-order valence-corrected chi connectivity index (χ2v) is 4.71. The van der Waals surface area contributed by atoms with Crippen LogP contribution in [0.15, 0.2) is 48.5 Å². The molecule has 2 aromatic carbocycles. The number of benzene rings is 2. The first-order chi connectivity index (χ1) is 8.25. The summed E-state index contributed by atoms with van der Waals surface area (Å²) in [5.41, 5.74) is 4.16. The molecule has 0 saturated carbocycles. The zero-order chi connectivity index (χ0) is 11.9. The van der Waals surface area contributed by atoms with Gasteiger partial charge < -0.3 is 10.4 Å². The molecule has 17 heavy (non-hydrogen) atoms. The Morgan fingerprint density at radius 1 is 0.941 bits per heavy atom. The van der Waals surface area contributed by atoms with Crippen molar-refractivity contribution in [2.24, 2.45) is 0 Å². The summed E-state index contributed by atoms with van der Waals surface area (Å²) in [4.78, 5) is 0. The van der Waals surface area contributed by atoms with E-state index in [0.717, 1.165) is 22.5 Å². The molecule has 3 rings (SSSR count). The molecule has 1 heterocycles. The highest BCUT2D eigenvalue weighted by atomic mass is 16.3. The quantitative estimate of drug-likeness (QED) is 0.781. The van der Waals surface area contributed by atoms with Crippen molar-refractivity contribution in [3.05, 3.63) is 59.7 Å². The van der Waals surface area contributed by atoms with Crippen molar-refractivity contribution in [2.45, 2.75) is 12.3 Å². The van der Waals surface area contributed by atoms with Gasteiger partial charge in [-0.3, -0.25) is 0 Å². The molecule has 0 spiro atoms. The van der Waals surface area contributed by atoms with Crippen LogP contribution in [0.25, 0.3) is 0 Å². The van der Waals surface area contributed by atoms with Crippen LogP contribution in [0.1, 0.15) is 18.1 Å². The molecule has 0 aromatic heterocycles. The SMILES string of the molecule is CC1(CO)c2ccccc2Nc2ccccc21. The van der Waals surface area contributed by atoms with Gasteiger partial charge >= 0.3 is 0 Å². The summed E-state index contributed by atoms with van der Waals surface area (Å²) in [6.45, 7) is 2.20. The standard InChI is InChI=1S/C15H15NO/c1-15(10-17)11-6-2-4-8-13(11)16-14-9-5-3-7-12(14)15/h2-9,16-17H,10H2,1H3. The number of para-hydroxylation sites is 2. The number of rotatable bonds is 1. The van der Waals surface area contributed by atoms with Crippen molar-refractivity contribution in [1.29, 1.82) is 0 Å². The van der Waals surface area contributed by atoms with Crippen LogP contribution < -0.4 is 5.32 Å². The fraction of sp³-hybridized carbons (Fsp3) is 0.200. The second-order valence-electron chi connectivity index (χ2n) is 4.71. The summed E-state index contributed by atoms with van der Waals surface area (Å²) in [5, 5.41) is 13.2. The van der Waals surface area contributed by atoms with Crippen LogP contribution in [0.5, 0.6) is 0 Å². The highest BCUT2D eigenvalue weighted by molar-refractivity contribution is 5.75. The van der Waals surface area contributed by atoms with Crippen LogP contribution >= 0.6 is 0 Å². The molecule has 0 atom stereocenters. The molecule has 0 aliphatic carbocycles. The molecule has 0 bridgehead atoms. The normalized spacial score (nSPS) is 15.6. The van der Waals surface area contributed by atoms with Crippen molar-refractivity contribution < 1.29 is 5.11 Å².